The number of ketones is 1. The van der Waals surface area contributed by atoms with Crippen molar-refractivity contribution in [2.75, 3.05) is 6.54 Å². The number of Topliss-reactive ketones (excluding diaryl/α,β-unsaturated/α-hetero) is 1. The first-order valence-corrected chi connectivity index (χ1v) is 4.66. The second kappa shape index (κ2) is 4.44. The Morgan fingerprint density at radius 3 is 2.71 bits per heavy atom. The number of carbonyl (C=O) groups is 1. The summed E-state index contributed by atoms with van der Waals surface area (Å²) in [7, 11) is 0. The van der Waals surface area contributed by atoms with Gasteiger partial charge in [-0.05, 0) is 31.2 Å². The van der Waals surface area contributed by atoms with Gasteiger partial charge in [0.1, 0.15) is 5.75 Å². The number of aryl methyl sites for hydroxylation is 1. The van der Waals surface area contributed by atoms with Crippen molar-refractivity contribution in [3.05, 3.63) is 28.3 Å². The number of phenols is 1. The van der Waals surface area contributed by atoms with Crippen molar-refractivity contribution in [2.24, 2.45) is 5.73 Å². The van der Waals surface area contributed by atoms with E-state index in [4.69, 9.17) is 17.3 Å². The first-order chi connectivity index (χ1) is 6.56. The summed E-state index contributed by atoms with van der Waals surface area (Å²) in [6, 6.07) is 3.02. The van der Waals surface area contributed by atoms with Gasteiger partial charge in [-0.1, -0.05) is 11.6 Å². The molecule has 0 unspecified atom stereocenters. The van der Waals surface area contributed by atoms with Crippen LogP contribution in [0.3, 0.4) is 0 Å². The summed E-state index contributed by atoms with van der Waals surface area (Å²) in [4.78, 5) is 11.4. The minimum absolute atomic E-state index is 0.0629. The van der Waals surface area contributed by atoms with E-state index in [1.165, 1.54) is 6.07 Å². The van der Waals surface area contributed by atoms with E-state index in [-0.39, 0.29) is 23.0 Å². The zero-order chi connectivity index (χ0) is 10.7. The van der Waals surface area contributed by atoms with E-state index in [9.17, 15) is 9.90 Å². The number of carbonyl (C=O) groups excluding carboxylic acids is 1. The third kappa shape index (κ3) is 2.25. The number of hydrogen-bond acceptors (Lipinski definition) is 3. The van der Waals surface area contributed by atoms with Crippen molar-refractivity contribution in [3.63, 3.8) is 0 Å². The Morgan fingerprint density at radius 2 is 2.21 bits per heavy atom. The maximum atomic E-state index is 11.4. The van der Waals surface area contributed by atoms with E-state index in [1.807, 2.05) is 0 Å². The molecule has 3 nitrogen and oxygen atoms in total. The van der Waals surface area contributed by atoms with Crippen LogP contribution in [0.25, 0.3) is 0 Å². The zero-order valence-electron chi connectivity index (χ0n) is 7.88. The standard InChI is InChI=1S/C10H12ClNO2/c1-6-4-7(8(13)2-3-12)5-9(14)10(6)11/h4-5,14H,2-3,12H2,1H3. The minimum Gasteiger partial charge on any atom is -0.506 e. The lowest BCUT2D eigenvalue weighted by atomic mass is 10.1. The van der Waals surface area contributed by atoms with Crippen LogP contribution in [0, 0.1) is 6.92 Å². The molecule has 3 N–H and O–H groups in total. The number of benzene rings is 1. The van der Waals surface area contributed by atoms with Crippen LogP contribution < -0.4 is 5.73 Å². The topological polar surface area (TPSA) is 63.3 Å². The molecular formula is C10H12ClNO2. The largest absolute Gasteiger partial charge is 0.506 e. The lowest BCUT2D eigenvalue weighted by Gasteiger charge is -2.05. The highest BCUT2D eigenvalue weighted by Crippen LogP contribution is 2.28. The molecule has 0 spiro atoms. The van der Waals surface area contributed by atoms with E-state index in [2.05, 4.69) is 0 Å². The molecule has 0 radical (unpaired) electrons. The second-order valence-corrected chi connectivity index (χ2v) is 3.47. The van der Waals surface area contributed by atoms with Gasteiger partial charge in [-0.3, -0.25) is 4.79 Å². The van der Waals surface area contributed by atoms with Crippen LogP contribution in [0.2, 0.25) is 5.02 Å². The molecule has 0 atom stereocenters. The summed E-state index contributed by atoms with van der Waals surface area (Å²) in [6.45, 7) is 2.04. The van der Waals surface area contributed by atoms with E-state index >= 15 is 0 Å². The number of halogens is 1. The summed E-state index contributed by atoms with van der Waals surface area (Å²) in [5.74, 6) is -0.144. The van der Waals surface area contributed by atoms with Gasteiger partial charge in [0, 0.05) is 12.0 Å². The maximum Gasteiger partial charge on any atom is 0.164 e. The van der Waals surface area contributed by atoms with Gasteiger partial charge in [0.15, 0.2) is 5.78 Å². The first kappa shape index (κ1) is 11.0. The van der Waals surface area contributed by atoms with Crippen molar-refractivity contribution in [3.8, 4) is 5.75 Å². The normalized spacial score (nSPS) is 10.2. The molecule has 4 heteroatoms. The molecule has 1 aromatic rings. The van der Waals surface area contributed by atoms with Crippen molar-refractivity contribution < 1.29 is 9.90 Å². The SMILES string of the molecule is Cc1cc(C(=O)CCN)cc(O)c1Cl. The molecule has 0 amide bonds. The highest BCUT2D eigenvalue weighted by atomic mass is 35.5. The van der Waals surface area contributed by atoms with Gasteiger partial charge >= 0.3 is 0 Å². The molecule has 0 aliphatic heterocycles. The Balaban J connectivity index is 3.06. The molecular weight excluding hydrogens is 202 g/mol. The van der Waals surface area contributed by atoms with Crippen LogP contribution in [0.1, 0.15) is 22.3 Å². The van der Waals surface area contributed by atoms with Gasteiger partial charge in [0.05, 0.1) is 5.02 Å². The van der Waals surface area contributed by atoms with Crippen LogP contribution >= 0.6 is 11.6 Å². The predicted octanol–water partition coefficient (Wildman–Crippen LogP) is 1.89. The number of hydrogen-bond donors (Lipinski definition) is 2. The molecule has 0 saturated carbocycles. The summed E-state index contributed by atoms with van der Waals surface area (Å²) in [5.41, 5.74) is 6.40. The molecule has 1 aromatic carbocycles. The highest BCUT2D eigenvalue weighted by Gasteiger charge is 2.10. The van der Waals surface area contributed by atoms with Gasteiger partial charge in [-0.15, -0.1) is 0 Å². The Morgan fingerprint density at radius 1 is 1.57 bits per heavy atom. The Bertz CT molecular complexity index is 340. The fourth-order valence-electron chi connectivity index (χ4n) is 1.19. The van der Waals surface area contributed by atoms with Crippen LogP contribution in [0.5, 0.6) is 5.75 Å². The molecule has 1 rings (SSSR count). The Hall–Kier alpha value is -1.06. The summed E-state index contributed by atoms with van der Waals surface area (Å²) in [6.07, 6.45) is 0.278. The zero-order valence-corrected chi connectivity index (χ0v) is 8.64. The summed E-state index contributed by atoms with van der Waals surface area (Å²) < 4.78 is 0. The van der Waals surface area contributed by atoms with Gasteiger partial charge in [-0.25, -0.2) is 0 Å². The molecule has 0 aliphatic carbocycles. The maximum absolute atomic E-state index is 11.4. The number of phenolic OH excluding ortho intramolecular Hbond substituents is 1. The van der Waals surface area contributed by atoms with Crippen molar-refractivity contribution >= 4 is 17.4 Å². The van der Waals surface area contributed by atoms with Crippen molar-refractivity contribution in [2.45, 2.75) is 13.3 Å². The molecule has 0 bridgehead atoms. The van der Waals surface area contributed by atoms with Gasteiger partial charge in [0.2, 0.25) is 0 Å². The number of nitrogens with two attached hydrogens (primary N) is 1. The fourth-order valence-corrected chi connectivity index (χ4v) is 1.30. The average molecular weight is 214 g/mol. The molecule has 14 heavy (non-hydrogen) atoms. The van der Waals surface area contributed by atoms with Gasteiger partial charge < -0.3 is 10.8 Å². The Kier molecular flexibility index (Phi) is 3.49. The van der Waals surface area contributed by atoms with E-state index < -0.39 is 0 Å². The lowest BCUT2D eigenvalue weighted by Crippen LogP contribution is -2.08. The molecule has 0 heterocycles. The van der Waals surface area contributed by atoms with Crippen LogP contribution in [0.15, 0.2) is 12.1 Å². The Labute approximate surface area is 87.5 Å². The van der Waals surface area contributed by atoms with Crippen LogP contribution in [0.4, 0.5) is 0 Å². The van der Waals surface area contributed by atoms with Crippen molar-refractivity contribution in [1.29, 1.82) is 0 Å². The molecule has 76 valence electrons. The summed E-state index contributed by atoms with van der Waals surface area (Å²) in [5, 5.41) is 9.67. The third-order valence-corrected chi connectivity index (χ3v) is 2.42. The second-order valence-electron chi connectivity index (χ2n) is 3.09. The third-order valence-electron chi connectivity index (χ3n) is 1.93. The van der Waals surface area contributed by atoms with Gasteiger partial charge in [0.25, 0.3) is 0 Å². The molecule has 0 saturated heterocycles. The summed E-state index contributed by atoms with van der Waals surface area (Å²) >= 11 is 5.75. The number of rotatable bonds is 3. The molecule has 0 aliphatic rings. The van der Waals surface area contributed by atoms with E-state index in [1.54, 1.807) is 13.0 Å². The average Bonchev–Trinajstić information content (AvgIpc) is 2.13. The van der Waals surface area contributed by atoms with E-state index in [0.717, 1.165) is 0 Å². The predicted molar refractivity (Wildman–Crippen MR) is 55.9 cm³/mol. The van der Waals surface area contributed by atoms with Gasteiger partial charge in [-0.2, -0.15) is 0 Å². The molecule has 0 fully saturated rings. The van der Waals surface area contributed by atoms with E-state index in [0.29, 0.717) is 17.7 Å². The highest BCUT2D eigenvalue weighted by molar-refractivity contribution is 6.32. The van der Waals surface area contributed by atoms with Crippen molar-refractivity contribution in [1.82, 2.24) is 0 Å². The number of aromatic hydroxyl groups is 1. The van der Waals surface area contributed by atoms with Crippen LogP contribution in [-0.4, -0.2) is 17.4 Å². The monoisotopic (exact) mass is 213 g/mol. The first-order valence-electron chi connectivity index (χ1n) is 4.28. The quantitative estimate of drug-likeness (QED) is 0.754. The minimum atomic E-state index is -0.0810. The molecule has 0 aromatic heterocycles. The lowest BCUT2D eigenvalue weighted by molar-refractivity contribution is 0.0985. The van der Waals surface area contributed by atoms with Crippen LogP contribution in [-0.2, 0) is 0 Å². The smallest absolute Gasteiger partial charge is 0.164 e. The fraction of sp³-hybridized carbons (Fsp3) is 0.300.